The van der Waals surface area contributed by atoms with Crippen molar-refractivity contribution >= 4 is 5.91 Å². The fourth-order valence-electron chi connectivity index (χ4n) is 3.22. The SMILES string of the molecule is CCc1c(C(=O)N2CCCN(C)CC2)cnn1-c1ccc(C)cc1. The van der Waals surface area contributed by atoms with Crippen molar-refractivity contribution in [3.63, 3.8) is 0 Å². The number of amides is 1. The molecule has 0 unspecified atom stereocenters. The molecule has 0 spiro atoms. The van der Waals surface area contributed by atoms with Crippen LogP contribution in [0.1, 0.15) is 35.0 Å². The smallest absolute Gasteiger partial charge is 0.257 e. The Morgan fingerprint density at radius 2 is 1.88 bits per heavy atom. The maximum Gasteiger partial charge on any atom is 0.257 e. The number of rotatable bonds is 3. The van der Waals surface area contributed by atoms with Crippen LogP contribution in [0.5, 0.6) is 0 Å². The average Bonchev–Trinajstić information content (AvgIpc) is 2.89. The molecule has 2 aromatic rings. The first kappa shape index (κ1) is 16.7. The van der Waals surface area contributed by atoms with E-state index in [1.54, 1.807) is 6.20 Å². The summed E-state index contributed by atoms with van der Waals surface area (Å²) in [5.74, 6) is 0.112. The summed E-state index contributed by atoms with van der Waals surface area (Å²) >= 11 is 0. The van der Waals surface area contributed by atoms with Crippen molar-refractivity contribution in [2.24, 2.45) is 0 Å². The van der Waals surface area contributed by atoms with Gasteiger partial charge < -0.3 is 9.80 Å². The maximum absolute atomic E-state index is 13.0. The van der Waals surface area contributed by atoms with Crippen LogP contribution in [0.4, 0.5) is 0 Å². The van der Waals surface area contributed by atoms with E-state index in [2.05, 4.69) is 55.2 Å². The number of hydrogen-bond donors (Lipinski definition) is 0. The Kier molecular flexibility index (Phi) is 5.00. The molecule has 0 saturated carbocycles. The third-order valence-electron chi connectivity index (χ3n) is 4.72. The second-order valence-corrected chi connectivity index (χ2v) is 6.55. The third kappa shape index (κ3) is 3.36. The first-order valence-electron chi connectivity index (χ1n) is 8.72. The number of likely N-dealkylation sites (N-methyl/N-ethyl adjacent to an activating group) is 1. The highest BCUT2D eigenvalue weighted by atomic mass is 16.2. The number of aromatic nitrogens is 2. The highest BCUT2D eigenvalue weighted by Crippen LogP contribution is 2.19. The second-order valence-electron chi connectivity index (χ2n) is 6.55. The van der Waals surface area contributed by atoms with Crippen LogP contribution in [-0.2, 0) is 6.42 Å². The maximum atomic E-state index is 13.0. The van der Waals surface area contributed by atoms with Crippen molar-refractivity contribution in [2.45, 2.75) is 26.7 Å². The summed E-state index contributed by atoms with van der Waals surface area (Å²) < 4.78 is 1.90. The largest absolute Gasteiger partial charge is 0.337 e. The Labute approximate surface area is 143 Å². The fourth-order valence-corrected chi connectivity index (χ4v) is 3.22. The molecule has 1 amide bonds. The van der Waals surface area contributed by atoms with Gasteiger partial charge in [0.05, 0.1) is 23.1 Å². The number of carbonyl (C=O) groups excluding carboxylic acids is 1. The normalized spacial score (nSPS) is 16.2. The summed E-state index contributed by atoms with van der Waals surface area (Å²) in [6, 6.07) is 8.25. The van der Waals surface area contributed by atoms with Gasteiger partial charge in [-0.2, -0.15) is 5.10 Å². The Morgan fingerprint density at radius 3 is 2.58 bits per heavy atom. The van der Waals surface area contributed by atoms with Crippen LogP contribution >= 0.6 is 0 Å². The first-order chi connectivity index (χ1) is 11.6. The lowest BCUT2D eigenvalue weighted by Crippen LogP contribution is -2.34. The first-order valence-corrected chi connectivity index (χ1v) is 8.72. The Bertz CT molecular complexity index is 705. The molecule has 0 aliphatic carbocycles. The predicted octanol–water partition coefficient (Wildman–Crippen LogP) is 2.52. The van der Waals surface area contributed by atoms with Crippen LogP contribution in [0.3, 0.4) is 0 Å². The molecule has 5 nitrogen and oxygen atoms in total. The van der Waals surface area contributed by atoms with Crippen molar-refractivity contribution in [1.82, 2.24) is 19.6 Å². The zero-order valence-corrected chi connectivity index (χ0v) is 14.8. The molecule has 1 aliphatic rings. The Balaban J connectivity index is 1.88. The monoisotopic (exact) mass is 326 g/mol. The van der Waals surface area contributed by atoms with Gasteiger partial charge in [0.15, 0.2) is 0 Å². The van der Waals surface area contributed by atoms with Crippen molar-refractivity contribution < 1.29 is 4.79 Å². The zero-order chi connectivity index (χ0) is 17.1. The van der Waals surface area contributed by atoms with Crippen LogP contribution in [0.15, 0.2) is 30.5 Å². The van der Waals surface area contributed by atoms with Crippen LogP contribution in [0.25, 0.3) is 5.69 Å². The minimum atomic E-state index is 0.112. The fraction of sp³-hybridized carbons (Fsp3) is 0.474. The van der Waals surface area contributed by atoms with Crippen LogP contribution in [0.2, 0.25) is 0 Å². The quantitative estimate of drug-likeness (QED) is 0.870. The number of hydrogen-bond acceptors (Lipinski definition) is 3. The third-order valence-corrected chi connectivity index (χ3v) is 4.72. The van der Waals surface area contributed by atoms with Gasteiger partial charge >= 0.3 is 0 Å². The number of carbonyl (C=O) groups is 1. The van der Waals surface area contributed by atoms with E-state index in [1.165, 1.54) is 5.56 Å². The van der Waals surface area contributed by atoms with Gasteiger partial charge in [-0.25, -0.2) is 4.68 Å². The van der Waals surface area contributed by atoms with Crippen molar-refractivity contribution in [2.75, 3.05) is 33.2 Å². The molecule has 5 heteroatoms. The molecule has 1 aliphatic heterocycles. The van der Waals surface area contributed by atoms with Crippen LogP contribution < -0.4 is 0 Å². The summed E-state index contributed by atoms with van der Waals surface area (Å²) in [5.41, 5.74) is 3.95. The average molecular weight is 326 g/mol. The summed E-state index contributed by atoms with van der Waals surface area (Å²) in [4.78, 5) is 17.2. The van der Waals surface area contributed by atoms with Gasteiger partial charge in [-0.1, -0.05) is 24.6 Å². The highest BCUT2D eigenvalue weighted by molar-refractivity contribution is 5.95. The number of aryl methyl sites for hydroxylation is 1. The van der Waals surface area contributed by atoms with Gasteiger partial charge in [-0.05, 0) is 45.5 Å². The lowest BCUT2D eigenvalue weighted by molar-refractivity contribution is 0.0761. The molecule has 1 saturated heterocycles. The van der Waals surface area contributed by atoms with Gasteiger partial charge in [0.1, 0.15) is 0 Å². The van der Waals surface area contributed by atoms with Crippen LogP contribution in [-0.4, -0.2) is 58.7 Å². The summed E-state index contributed by atoms with van der Waals surface area (Å²) in [7, 11) is 2.11. The highest BCUT2D eigenvalue weighted by Gasteiger charge is 2.23. The molecule has 0 radical (unpaired) electrons. The molecule has 1 aromatic carbocycles. The lowest BCUT2D eigenvalue weighted by atomic mass is 10.1. The van der Waals surface area contributed by atoms with E-state index in [9.17, 15) is 4.79 Å². The lowest BCUT2D eigenvalue weighted by Gasteiger charge is -2.20. The van der Waals surface area contributed by atoms with E-state index < -0.39 is 0 Å². The molecule has 3 rings (SSSR count). The van der Waals surface area contributed by atoms with E-state index in [1.807, 2.05) is 9.58 Å². The molecule has 1 aromatic heterocycles. The second kappa shape index (κ2) is 7.18. The van der Waals surface area contributed by atoms with Gasteiger partial charge in [0, 0.05) is 19.6 Å². The van der Waals surface area contributed by atoms with E-state index >= 15 is 0 Å². The van der Waals surface area contributed by atoms with Crippen molar-refractivity contribution in [3.8, 4) is 5.69 Å². The topological polar surface area (TPSA) is 41.4 Å². The molecular formula is C19H26N4O. The molecular weight excluding hydrogens is 300 g/mol. The zero-order valence-electron chi connectivity index (χ0n) is 14.8. The summed E-state index contributed by atoms with van der Waals surface area (Å²) in [6.45, 7) is 7.73. The minimum Gasteiger partial charge on any atom is -0.337 e. The van der Waals surface area contributed by atoms with Gasteiger partial charge in [0.2, 0.25) is 0 Å². The van der Waals surface area contributed by atoms with Crippen molar-refractivity contribution in [3.05, 3.63) is 47.3 Å². The standard InChI is InChI=1S/C19H26N4O/c1-4-18-17(19(24)22-11-5-10-21(3)12-13-22)14-20-23(18)16-8-6-15(2)7-9-16/h6-9,14H,4-5,10-13H2,1-3H3. The predicted molar refractivity (Wildman–Crippen MR) is 95.7 cm³/mol. The molecule has 0 atom stereocenters. The molecule has 2 heterocycles. The van der Waals surface area contributed by atoms with Crippen molar-refractivity contribution in [1.29, 1.82) is 0 Å². The van der Waals surface area contributed by atoms with Crippen LogP contribution in [0, 0.1) is 6.92 Å². The molecule has 128 valence electrons. The number of nitrogens with zero attached hydrogens (tertiary/aromatic N) is 4. The minimum absolute atomic E-state index is 0.112. The molecule has 0 N–H and O–H groups in total. The molecule has 1 fully saturated rings. The number of benzene rings is 1. The van der Waals surface area contributed by atoms with E-state index in [0.29, 0.717) is 0 Å². The van der Waals surface area contributed by atoms with Gasteiger partial charge in [-0.3, -0.25) is 4.79 Å². The Morgan fingerprint density at radius 1 is 1.12 bits per heavy atom. The summed E-state index contributed by atoms with van der Waals surface area (Å²) in [5, 5.41) is 4.50. The Hall–Kier alpha value is -2.14. The molecule has 24 heavy (non-hydrogen) atoms. The van der Waals surface area contributed by atoms with E-state index in [4.69, 9.17) is 0 Å². The summed E-state index contributed by atoms with van der Waals surface area (Å²) in [6.07, 6.45) is 3.54. The van der Waals surface area contributed by atoms with Gasteiger partial charge in [0.25, 0.3) is 5.91 Å². The van der Waals surface area contributed by atoms with E-state index in [-0.39, 0.29) is 5.91 Å². The van der Waals surface area contributed by atoms with Gasteiger partial charge in [-0.15, -0.1) is 0 Å². The molecule has 0 bridgehead atoms. The van der Waals surface area contributed by atoms with E-state index in [0.717, 1.165) is 56.0 Å².